The quantitative estimate of drug-likeness (QED) is 0.907. The topological polar surface area (TPSA) is 15.3 Å². The molecule has 0 radical (unpaired) electrons. The van der Waals surface area contributed by atoms with Gasteiger partial charge in [-0.15, -0.1) is 0 Å². The number of likely N-dealkylation sites (N-methyl/N-ethyl adjacent to an activating group) is 1. The molecule has 1 aromatic rings. The molecule has 1 saturated heterocycles. The van der Waals surface area contributed by atoms with Crippen LogP contribution in [0.2, 0.25) is 0 Å². The summed E-state index contributed by atoms with van der Waals surface area (Å²) in [5.74, 6) is 0. The molecule has 1 fully saturated rings. The van der Waals surface area contributed by atoms with Gasteiger partial charge < -0.3 is 5.32 Å². The van der Waals surface area contributed by atoms with Crippen molar-refractivity contribution in [2.75, 3.05) is 20.1 Å². The molecule has 0 aromatic heterocycles. The zero-order valence-electron chi connectivity index (χ0n) is 14.7. The molecule has 0 aliphatic carbocycles. The van der Waals surface area contributed by atoms with Gasteiger partial charge in [-0.3, -0.25) is 4.90 Å². The maximum absolute atomic E-state index is 3.34. The van der Waals surface area contributed by atoms with Crippen LogP contribution in [0.25, 0.3) is 0 Å². The first-order valence-electron chi connectivity index (χ1n) is 8.32. The van der Waals surface area contributed by atoms with Crippen LogP contribution in [0.4, 0.5) is 0 Å². The summed E-state index contributed by atoms with van der Waals surface area (Å²) >= 11 is 0. The van der Waals surface area contributed by atoms with Gasteiger partial charge in [-0.1, -0.05) is 32.9 Å². The zero-order valence-corrected chi connectivity index (χ0v) is 14.7. The molecule has 2 heteroatoms. The van der Waals surface area contributed by atoms with E-state index in [1.807, 2.05) is 0 Å². The number of aryl methyl sites for hydroxylation is 2. The molecule has 0 saturated carbocycles. The second kappa shape index (κ2) is 6.50. The molecule has 21 heavy (non-hydrogen) atoms. The zero-order chi connectivity index (χ0) is 15.6. The number of rotatable bonds is 4. The van der Waals surface area contributed by atoms with Crippen molar-refractivity contribution in [3.8, 4) is 0 Å². The van der Waals surface area contributed by atoms with E-state index in [0.29, 0.717) is 6.04 Å². The Kier molecular flexibility index (Phi) is 5.11. The lowest BCUT2D eigenvalue weighted by molar-refractivity contribution is 0.241. The molecule has 1 unspecified atom stereocenters. The maximum Gasteiger partial charge on any atom is 0.0242 e. The van der Waals surface area contributed by atoms with Gasteiger partial charge in [-0.05, 0) is 68.0 Å². The summed E-state index contributed by atoms with van der Waals surface area (Å²) in [4.78, 5) is 2.66. The monoisotopic (exact) mass is 288 g/mol. The third-order valence-corrected chi connectivity index (χ3v) is 4.86. The molecule has 1 aromatic carbocycles. The van der Waals surface area contributed by atoms with Crippen LogP contribution in [0.1, 0.15) is 55.9 Å². The highest BCUT2D eigenvalue weighted by molar-refractivity contribution is 5.40. The molecule has 118 valence electrons. The summed E-state index contributed by atoms with van der Waals surface area (Å²) in [6, 6.07) is 5.49. The van der Waals surface area contributed by atoms with E-state index >= 15 is 0 Å². The van der Waals surface area contributed by atoms with Crippen LogP contribution in [0, 0.1) is 13.8 Å². The molecule has 1 heterocycles. The predicted molar refractivity (Wildman–Crippen MR) is 92.0 cm³/mol. The minimum absolute atomic E-state index is 0.233. The van der Waals surface area contributed by atoms with Gasteiger partial charge in [0.15, 0.2) is 0 Å². The van der Waals surface area contributed by atoms with Gasteiger partial charge in [-0.25, -0.2) is 0 Å². The fourth-order valence-electron chi connectivity index (χ4n) is 3.45. The number of hydrogen-bond donors (Lipinski definition) is 1. The lowest BCUT2D eigenvalue weighted by atomic mass is 9.83. The molecular weight excluding hydrogens is 256 g/mol. The normalized spacial score (nSPS) is 20.2. The van der Waals surface area contributed by atoms with Crippen LogP contribution < -0.4 is 5.32 Å². The fourth-order valence-corrected chi connectivity index (χ4v) is 3.45. The van der Waals surface area contributed by atoms with Gasteiger partial charge in [-0.2, -0.15) is 0 Å². The Bertz CT molecular complexity index is 462. The summed E-state index contributed by atoms with van der Waals surface area (Å²) in [5, 5.41) is 3.34. The van der Waals surface area contributed by atoms with E-state index in [-0.39, 0.29) is 5.41 Å². The molecule has 1 N–H and O–H groups in total. The second-order valence-electron chi connectivity index (χ2n) is 7.66. The van der Waals surface area contributed by atoms with Crippen molar-refractivity contribution in [1.82, 2.24) is 10.2 Å². The first-order chi connectivity index (χ1) is 9.82. The third-order valence-electron chi connectivity index (χ3n) is 4.86. The van der Waals surface area contributed by atoms with Gasteiger partial charge >= 0.3 is 0 Å². The predicted octanol–water partition coefficient (Wildman–Crippen LogP) is 3.78. The smallest absolute Gasteiger partial charge is 0.0242 e. The number of nitrogens with one attached hydrogen (secondary N) is 1. The molecule has 0 amide bonds. The first-order valence-corrected chi connectivity index (χ1v) is 8.32. The van der Waals surface area contributed by atoms with E-state index in [2.05, 4.69) is 64.0 Å². The van der Waals surface area contributed by atoms with Gasteiger partial charge in [0.1, 0.15) is 0 Å². The number of likely N-dealkylation sites (tertiary alicyclic amines) is 1. The molecule has 0 spiro atoms. The van der Waals surface area contributed by atoms with E-state index < -0.39 is 0 Å². The Labute approximate surface area is 130 Å². The van der Waals surface area contributed by atoms with Crippen molar-refractivity contribution in [3.05, 3.63) is 34.4 Å². The molecule has 1 aliphatic heterocycles. The highest BCUT2D eigenvalue weighted by Crippen LogP contribution is 2.29. The minimum Gasteiger partial charge on any atom is -0.318 e. The highest BCUT2D eigenvalue weighted by Gasteiger charge is 2.25. The van der Waals surface area contributed by atoms with Gasteiger partial charge in [0.2, 0.25) is 0 Å². The van der Waals surface area contributed by atoms with Crippen molar-refractivity contribution >= 4 is 0 Å². The number of nitrogens with zero attached hydrogens (tertiary/aromatic N) is 1. The molecule has 2 nitrogen and oxygen atoms in total. The minimum atomic E-state index is 0.233. The second-order valence-corrected chi connectivity index (χ2v) is 7.66. The van der Waals surface area contributed by atoms with Crippen LogP contribution in [0.3, 0.4) is 0 Å². The Balaban J connectivity index is 2.21. The van der Waals surface area contributed by atoms with E-state index in [9.17, 15) is 0 Å². The summed E-state index contributed by atoms with van der Waals surface area (Å²) in [7, 11) is 2.06. The Hall–Kier alpha value is -0.860. The number of hydrogen-bond acceptors (Lipinski definition) is 2. The Morgan fingerprint density at radius 2 is 1.81 bits per heavy atom. The number of benzene rings is 1. The Morgan fingerprint density at radius 1 is 1.19 bits per heavy atom. The lowest BCUT2D eigenvalue weighted by Gasteiger charge is -2.27. The van der Waals surface area contributed by atoms with Gasteiger partial charge in [0, 0.05) is 19.1 Å². The van der Waals surface area contributed by atoms with E-state index in [0.717, 1.165) is 13.1 Å². The summed E-state index contributed by atoms with van der Waals surface area (Å²) in [6.07, 6.45) is 2.67. The lowest BCUT2D eigenvalue weighted by Crippen LogP contribution is -2.36. The largest absolute Gasteiger partial charge is 0.318 e. The maximum atomic E-state index is 3.34. The SMILES string of the molecule is CNCC1CCCN1Cc1c(C)cc(C(C)(C)C)cc1C. The third kappa shape index (κ3) is 3.87. The Morgan fingerprint density at radius 3 is 2.33 bits per heavy atom. The average Bonchev–Trinajstić information content (AvgIpc) is 2.80. The van der Waals surface area contributed by atoms with Crippen LogP contribution in [0.15, 0.2) is 12.1 Å². The van der Waals surface area contributed by atoms with E-state index in [4.69, 9.17) is 0 Å². The van der Waals surface area contributed by atoms with Crippen LogP contribution in [-0.4, -0.2) is 31.1 Å². The standard InChI is InChI=1S/C19H32N2/c1-14-10-16(19(3,4)5)11-15(2)18(14)13-21-9-7-8-17(21)12-20-6/h10-11,17,20H,7-9,12-13H2,1-6H3. The van der Waals surface area contributed by atoms with Crippen LogP contribution in [-0.2, 0) is 12.0 Å². The van der Waals surface area contributed by atoms with Gasteiger partial charge in [0.05, 0.1) is 0 Å². The fraction of sp³-hybridized carbons (Fsp3) is 0.684. The van der Waals surface area contributed by atoms with E-state index in [1.165, 1.54) is 41.6 Å². The molecule has 2 rings (SSSR count). The summed E-state index contributed by atoms with van der Waals surface area (Å²) in [5.41, 5.74) is 6.13. The molecular formula is C19H32N2. The molecule has 1 aliphatic rings. The average molecular weight is 288 g/mol. The van der Waals surface area contributed by atoms with E-state index in [1.54, 1.807) is 0 Å². The van der Waals surface area contributed by atoms with Crippen LogP contribution >= 0.6 is 0 Å². The first kappa shape index (κ1) is 16.5. The van der Waals surface area contributed by atoms with Crippen molar-refractivity contribution in [1.29, 1.82) is 0 Å². The summed E-state index contributed by atoms with van der Waals surface area (Å²) in [6.45, 7) is 14.9. The van der Waals surface area contributed by atoms with Crippen molar-refractivity contribution < 1.29 is 0 Å². The van der Waals surface area contributed by atoms with Crippen molar-refractivity contribution in [2.45, 2.75) is 65.5 Å². The highest BCUT2D eigenvalue weighted by atomic mass is 15.2. The van der Waals surface area contributed by atoms with Crippen molar-refractivity contribution in [2.24, 2.45) is 0 Å². The molecule has 0 bridgehead atoms. The molecule has 1 atom stereocenters. The van der Waals surface area contributed by atoms with Crippen molar-refractivity contribution in [3.63, 3.8) is 0 Å². The van der Waals surface area contributed by atoms with Crippen LogP contribution in [0.5, 0.6) is 0 Å². The van der Waals surface area contributed by atoms with Gasteiger partial charge in [0.25, 0.3) is 0 Å². The summed E-state index contributed by atoms with van der Waals surface area (Å²) < 4.78 is 0.